The van der Waals surface area contributed by atoms with Crippen molar-refractivity contribution in [2.45, 2.75) is 20.0 Å². The number of ether oxygens (including phenoxy) is 1. The SMILES string of the molecule is Cc1nc(N)c2[nH]c(=O)n(Cc3ccc(Oc4cnn(CCO)c4)cc3)c2n1. The molecule has 10 nitrogen and oxygen atoms in total. The van der Waals surface area contributed by atoms with Gasteiger partial charge in [0.15, 0.2) is 17.2 Å². The van der Waals surface area contributed by atoms with Crippen molar-refractivity contribution < 1.29 is 9.84 Å². The summed E-state index contributed by atoms with van der Waals surface area (Å²) in [6.45, 7) is 2.49. The van der Waals surface area contributed by atoms with E-state index in [-0.39, 0.29) is 18.1 Å². The number of aliphatic hydroxyl groups excluding tert-OH is 1. The zero-order valence-electron chi connectivity index (χ0n) is 15.2. The van der Waals surface area contributed by atoms with E-state index in [9.17, 15) is 4.79 Å². The van der Waals surface area contributed by atoms with Crippen LogP contribution >= 0.6 is 0 Å². The third-order valence-electron chi connectivity index (χ3n) is 4.20. The number of hydrogen-bond donors (Lipinski definition) is 3. The van der Waals surface area contributed by atoms with Crippen molar-refractivity contribution in [3.05, 3.63) is 58.5 Å². The van der Waals surface area contributed by atoms with Crippen LogP contribution in [0.4, 0.5) is 5.82 Å². The first-order valence-electron chi connectivity index (χ1n) is 8.66. The van der Waals surface area contributed by atoms with E-state index in [1.54, 1.807) is 24.0 Å². The second-order valence-corrected chi connectivity index (χ2v) is 6.28. The van der Waals surface area contributed by atoms with E-state index < -0.39 is 0 Å². The van der Waals surface area contributed by atoms with E-state index >= 15 is 0 Å². The minimum absolute atomic E-state index is 0.0130. The predicted molar refractivity (Wildman–Crippen MR) is 102 cm³/mol. The normalized spacial score (nSPS) is 11.2. The maximum atomic E-state index is 12.3. The molecule has 0 radical (unpaired) electrons. The highest BCUT2D eigenvalue weighted by Gasteiger charge is 2.13. The second kappa shape index (κ2) is 7.16. The lowest BCUT2D eigenvalue weighted by Gasteiger charge is -2.06. The summed E-state index contributed by atoms with van der Waals surface area (Å²) in [5, 5.41) is 13.0. The molecule has 0 saturated carbocycles. The second-order valence-electron chi connectivity index (χ2n) is 6.28. The number of aromatic nitrogens is 6. The number of aryl methyl sites for hydroxylation is 1. The lowest BCUT2D eigenvalue weighted by atomic mass is 10.2. The summed E-state index contributed by atoms with van der Waals surface area (Å²) in [6, 6.07) is 7.37. The van der Waals surface area contributed by atoms with Gasteiger partial charge >= 0.3 is 5.69 Å². The molecule has 0 atom stereocenters. The van der Waals surface area contributed by atoms with Crippen LogP contribution in [0.15, 0.2) is 41.5 Å². The van der Waals surface area contributed by atoms with Gasteiger partial charge in [-0.05, 0) is 24.6 Å². The number of anilines is 1. The van der Waals surface area contributed by atoms with Gasteiger partial charge in [0.1, 0.15) is 17.1 Å². The Morgan fingerprint density at radius 1 is 1.21 bits per heavy atom. The Labute approximate surface area is 159 Å². The number of hydrogen-bond acceptors (Lipinski definition) is 7. The Balaban J connectivity index is 1.54. The van der Waals surface area contributed by atoms with Crippen molar-refractivity contribution in [2.75, 3.05) is 12.3 Å². The van der Waals surface area contributed by atoms with Crippen LogP contribution in [0.5, 0.6) is 11.5 Å². The topological polar surface area (TPSA) is 137 Å². The maximum absolute atomic E-state index is 12.3. The molecule has 1 aromatic carbocycles. The Morgan fingerprint density at radius 3 is 2.75 bits per heavy atom. The molecule has 0 saturated heterocycles. The van der Waals surface area contributed by atoms with E-state index in [0.29, 0.717) is 41.6 Å². The van der Waals surface area contributed by atoms with Gasteiger partial charge in [-0.3, -0.25) is 9.25 Å². The summed E-state index contributed by atoms with van der Waals surface area (Å²) < 4.78 is 8.87. The van der Waals surface area contributed by atoms with Crippen LogP contribution in [0.2, 0.25) is 0 Å². The Kier molecular flexibility index (Phi) is 4.53. The van der Waals surface area contributed by atoms with Gasteiger partial charge in [-0.15, -0.1) is 0 Å². The first-order chi connectivity index (χ1) is 13.5. The molecule has 28 heavy (non-hydrogen) atoms. The van der Waals surface area contributed by atoms with Crippen LogP contribution in [0.25, 0.3) is 11.2 Å². The molecule has 0 aliphatic carbocycles. The summed E-state index contributed by atoms with van der Waals surface area (Å²) in [6.07, 6.45) is 3.30. The summed E-state index contributed by atoms with van der Waals surface area (Å²) in [4.78, 5) is 23.4. The fourth-order valence-electron chi connectivity index (χ4n) is 2.92. The fraction of sp³-hybridized carbons (Fsp3) is 0.222. The molecule has 4 rings (SSSR count). The van der Waals surface area contributed by atoms with E-state index in [1.165, 1.54) is 4.57 Å². The first-order valence-corrected chi connectivity index (χ1v) is 8.66. The highest BCUT2D eigenvalue weighted by atomic mass is 16.5. The van der Waals surface area contributed by atoms with Gasteiger partial charge < -0.3 is 20.6 Å². The van der Waals surface area contributed by atoms with Gasteiger partial charge in [-0.25, -0.2) is 14.8 Å². The molecule has 10 heteroatoms. The number of nitrogen functional groups attached to an aromatic ring is 1. The lowest BCUT2D eigenvalue weighted by Crippen LogP contribution is -2.17. The molecular formula is C18H19N7O3. The fourth-order valence-corrected chi connectivity index (χ4v) is 2.92. The van der Waals surface area contributed by atoms with Gasteiger partial charge in [0.25, 0.3) is 0 Å². The number of rotatable bonds is 6. The van der Waals surface area contributed by atoms with Gasteiger partial charge in [0.2, 0.25) is 0 Å². The average molecular weight is 381 g/mol. The van der Waals surface area contributed by atoms with E-state index in [1.807, 2.05) is 24.3 Å². The first kappa shape index (κ1) is 17.7. The van der Waals surface area contributed by atoms with Crippen molar-refractivity contribution in [1.82, 2.24) is 29.3 Å². The lowest BCUT2D eigenvalue weighted by molar-refractivity contribution is 0.269. The van der Waals surface area contributed by atoms with E-state index in [4.69, 9.17) is 15.6 Å². The predicted octanol–water partition coefficient (Wildman–Crippen LogP) is 1.04. The molecule has 3 heterocycles. The molecule has 0 spiro atoms. The molecule has 4 N–H and O–H groups in total. The van der Waals surface area contributed by atoms with Crippen LogP contribution in [0, 0.1) is 6.92 Å². The molecule has 0 bridgehead atoms. The Bertz CT molecular complexity index is 1170. The minimum atomic E-state index is -0.293. The number of aromatic amines is 1. The summed E-state index contributed by atoms with van der Waals surface area (Å²) in [5.74, 6) is 1.98. The molecule has 3 aromatic heterocycles. The van der Waals surface area contributed by atoms with Gasteiger partial charge in [0, 0.05) is 0 Å². The van der Waals surface area contributed by atoms with Gasteiger partial charge in [0.05, 0.1) is 32.1 Å². The number of nitrogens with zero attached hydrogens (tertiary/aromatic N) is 5. The van der Waals surface area contributed by atoms with Crippen LogP contribution < -0.4 is 16.2 Å². The molecule has 0 fully saturated rings. The standard InChI is InChI=1S/C18H19N7O3/c1-11-21-16(19)15-17(22-11)25(18(27)23-15)9-12-2-4-13(5-3-12)28-14-8-20-24(10-14)6-7-26/h2-5,8,10,26H,6-7,9H2,1H3,(H,23,27)(H2,19,21,22). The maximum Gasteiger partial charge on any atom is 0.328 e. The molecular weight excluding hydrogens is 362 g/mol. The third-order valence-corrected chi connectivity index (χ3v) is 4.20. The molecule has 0 aliphatic heterocycles. The van der Waals surface area contributed by atoms with Crippen molar-refractivity contribution >= 4 is 17.0 Å². The van der Waals surface area contributed by atoms with E-state index in [2.05, 4.69) is 20.1 Å². The highest BCUT2D eigenvalue weighted by Crippen LogP contribution is 2.22. The average Bonchev–Trinajstić information content (AvgIpc) is 3.22. The highest BCUT2D eigenvalue weighted by molar-refractivity contribution is 5.81. The van der Waals surface area contributed by atoms with Crippen LogP contribution in [0.1, 0.15) is 11.4 Å². The molecule has 0 unspecified atom stereocenters. The minimum Gasteiger partial charge on any atom is -0.454 e. The largest absolute Gasteiger partial charge is 0.454 e. The molecule has 144 valence electrons. The number of imidazole rings is 1. The van der Waals surface area contributed by atoms with Crippen LogP contribution in [-0.2, 0) is 13.1 Å². The molecule has 0 aliphatic rings. The molecule has 4 aromatic rings. The number of fused-ring (bicyclic) bond motifs is 1. The number of H-pyrrole nitrogens is 1. The third kappa shape index (κ3) is 3.45. The zero-order chi connectivity index (χ0) is 19.7. The smallest absolute Gasteiger partial charge is 0.328 e. The number of benzene rings is 1. The number of aliphatic hydroxyl groups is 1. The quantitative estimate of drug-likeness (QED) is 0.454. The van der Waals surface area contributed by atoms with Crippen molar-refractivity contribution in [3.63, 3.8) is 0 Å². The summed E-state index contributed by atoms with van der Waals surface area (Å²) in [7, 11) is 0. The number of nitrogens with one attached hydrogen (secondary N) is 1. The van der Waals surface area contributed by atoms with Crippen molar-refractivity contribution in [3.8, 4) is 11.5 Å². The summed E-state index contributed by atoms with van der Waals surface area (Å²) in [5.41, 5.74) is 7.40. The van der Waals surface area contributed by atoms with Crippen molar-refractivity contribution in [2.24, 2.45) is 0 Å². The van der Waals surface area contributed by atoms with Crippen molar-refractivity contribution in [1.29, 1.82) is 0 Å². The number of nitrogens with two attached hydrogens (primary N) is 1. The summed E-state index contributed by atoms with van der Waals surface area (Å²) >= 11 is 0. The van der Waals surface area contributed by atoms with E-state index in [0.717, 1.165) is 5.56 Å². The van der Waals surface area contributed by atoms with Crippen LogP contribution in [-0.4, -0.2) is 41.0 Å². The van der Waals surface area contributed by atoms with Gasteiger partial charge in [-0.1, -0.05) is 12.1 Å². The zero-order valence-corrected chi connectivity index (χ0v) is 15.2. The monoisotopic (exact) mass is 381 g/mol. The molecule has 0 amide bonds. The Hall–Kier alpha value is -3.66. The Morgan fingerprint density at radius 2 is 2.00 bits per heavy atom. The van der Waals surface area contributed by atoms with Crippen LogP contribution in [0.3, 0.4) is 0 Å². The van der Waals surface area contributed by atoms with Gasteiger partial charge in [-0.2, -0.15) is 5.10 Å².